The van der Waals surface area contributed by atoms with Crippen molar-refractivity contribution in [2.24, 2.45) is 4.99 Å². The van der Waals surface area contributed by atoms with Gasteiger partial charge in [-0.15, -0.1) is 0 Å². The number of carbonyl (C=O) groups is 3. The second-order valence-electron chi connectivity index (χ2n) is 8.59. The highest BCUT2D eigenvalue weighted by molar-refractivity contribution is 8.15. The van der Waals surface area contributed by atoms with Crippen LogP contribution in [-0.2, 0) is 16.1 Å². The van der Waals surface area contributed by atoms with E-state index in [-0.39, 0.29) is 30.9 Å². The lowest BCUT2D eigenvalue weighted by atomic mass is 10.1. The Kier molecular flexibility index (Phi) is 6.89. The van der Waals surface area contributed by atoms with Gasteiger partial charge >= 0.3 is 0 Å². The van der Waals surface area contributed by atoms with Gasteiger partial charge < -0.3 is 25.0 Å². The smallest absolute Gasteiger partial charge is 0.262 e. The van der Waals surface area contributed by atoms with Crippen molar-refractivity contribution in [3.8, 4) is 11.5 Å². The molecule has 1 saturated heterocycles. The summed E-state index contributed by atoms with van der Waals surface area (Å²) in [6, 6.07) is 12.2. The molecule has 3 aliphatic rings. The zero-order chi connectivity index (χ0) is 24.2. The number of nitrogens with one attached hydrogen (secondary N) is 2. The van der Waals surface area contributed by atoms with Crippen LogP contribution in [0.5, 0.6) is 11.5 Å². The number of piperidine rings is 1. The first-order valence-corrected chi connectivity index (χ1v) is 12.5. The van der Waals surface area contributed by atoms with Crippen molar-refractivity contribution < 1.29 is 23.9 Å². The standard InChI is InChI=1S/C25H26N4O5S/c30-22(13-21-24(32)28-25(35-21)29-10-2-1-3-11-29)27-18-7-5-17(6-8-18)23(31)26-14-16-4-9-19-20(12-16)34-15-33-19/h4-9,12,21H,1-3,10-11,13-15H2,(H,26,31)(H,27,30)/t21-/m1/s1. The van der Waals surface area contributed by atoms with Crippen molar-refractivity contribution in [1.82, 2.24) is 10.2 Å². The molecule has 2 aromatic carbocycles. The summed E-state index contributed by atoms with van der Waals surface area (Å²) in [5, 5.41) is 5.92. The van der Waals surface area contributed by atoms with Crippen LogP contribution in [0.1, 0.15) is 41.6 Å². The van der Waals surface area contributed by atoms with E-state index in [1.807, 2.05) is 18.2 Å². The van der Waals surface area contributed by atoms with Crippen LogP contribution in [0.3, 0.4) is 0 Å². The number of amides is 3. The molecular formula is C25H26N4O5S. The minimum atomic E-state index is -0.492. The molecule has 0 spiro atoms. The van der Waals surface area contributed by atoms with Crippen LogP contribution in [0.2, 0.25) is 0 Å². The van der Waals surface area contributed by atoms with Gasteiger partial charge in [0.05, 0.1) is 0 Å². The van der Waals surface area contributed by atoms with Gasteiger partial charge in [-0.1, -0.05) is 17.8 Å². The summed E-state index contributed by atoms with van der Waals surface area (Å²) in [4.78, 5) is 43.6. The first-order valence-electron chi connectivity index (χ1n) is 11.7. The topological polar surface area (TPSA) is 109 Å². The van der Waals surface area contributed by atoms with Gasteiger partial charge in [-0.05, 0) is 61.2 Å². The van der Waals surface area contributed by atoms with Crippen LogP contribution < -0.4 is 20.1 Å². The van der Waals surface area contributed by atoms with Crippen LogP contribution in [0.4, 0.5) is 5.69 Å². The Labute approximate surface area is 207 Å². The summed E-state index contributed by atoms with van der Waals surface area (Å²) in [6.07, 6.45) is 3.47. The lowest BCUT2D eigenvalue weighted by Gasteiger charge is -2.27. The van der Waals surface area contributed by atoms with Crippen LogP contribution in [0.25, 0.3) is 0 Å². The van der Waals surface area contributed by atoms with Gasteiger partial charge in [0.2, 0.25) is 12.7 Å². The van der Waals surface area contributed by atoms with E-state index in [4.69, 9.17) is 9.47 Å². The van der Waals surface area contributed by atoms with Crippen molar-refractivity contribution in [3.05, 3.63) is 53.6 Å². The maximum atomic E-state index is 12.5. The normalized spacial score (nSPS) is 18.9. The molecule has 1 fully saturated rings. The average molecular weight is 495 g/mol. The fourth-order valence-electron chi connectivity index (χ4n) is 4.15. The van der Waals surface area contributed by atoms with Crippen LogP contribution >= 0.6 is 11.8 Å². The zero-order valence-electron chi connectivity index (χ0n) is 19.1. The number of thioether (sulfide) groups is 1. The fourth-order valence-corrected chi connectivity index (χ4v) is 5.27. The second kappa shape index (κ2) is 10.4. The minimum Gasteiger partial charge on any atom is -0.454 e. The quantitative estimate of drug-likeness (QED) is 0.635. The van der Waals surface area contributed by atoms with Crippen LogP contribution in [0, 0.1) is 0 Å². The number of hydrogen-bond acceptors (Lipinski definition) is 7. The third kappa shape index (κ3) is 5.59. The monoisotopic (exact) mass is 494 g/mol. The van der Waals surface area contributed by atoms with Gasteiger partial charge in [0, 0.05) is 37.3 Å². The number of ether oxygens (including phenoxy) is 2. The molecule has 0 saturated carbocycles. The lowest BCUT2D eigenvalue weighted by molar-refractivity contribution is -0.121. The van der Waals surface area contributed by atoms with E-state index in [2.05, 4.69) is 20.5 Å². The molecule has 10 heteroatoms. The minimum absolute atomic E-state index is 0.0576. The Balaban J connectivity index is 1.09. The van der Waals surface area contributed by atoms with Crippen LogP contribution in [-0.4, -0.2) is 52.9 Å². The average Bonchev–Trinajstić information content (AvgIpc) is 3.49. The summed E-state index contributed by atoms with van der Waals surface area (Å²) < 4.78 is 10.7. The SMILES string of the molecule is O=C(C[C@H]1SC(N2CCCCC2)=NC1=O)Nc1ccc(C(=O)NCc2ccc3c(c2)OCO3)cc1. The summed E-state index contributed by atoms with van der Waals surface area (Å²) in [5.74, 6) is 0.634. The van der Waals surface area contributed by atoms with Gasteiger partial charge in [0.15, 0.2) is 16.7 Å². The third-order valence-electron chi connectivity index (χ3n) is 6.05. The maximum Gasteiger partial charge on any atom is 0.262 e. The molecule has 0 radical (unpaired) electrons. The maximum absolute atomic E-state index is 12.5. The highest BCUT2D eigenvalue weighted by atomic mass is 32.2. The Morgan fingerprint density at radius 2 is 1.80 bits per heavy atom. The molecule has 0 bridgehead atoms. The highest BCUT2D eigenvalue weighted by Crippen LogP contribution is 2.32. The molecule has 0 aromatic heterocycles. The van der Waals surface area contributed by atoms with Crippen molar-refractivity contribution >= 4 is 40.3 Å². The van der Waals surface area contributed by atoms with Gasteiger partial charge in [-0.3, -0.25) is 14.4 Å². The first kappa shape index (κ1) is 23.2. The number of rotatable bonds is 6. The number of anilines is 1. The largest absolute Gasteiger partial charge is 0.454 e. The van der Waals surface area contributed by atoms with Crippen LogP contribution in [0.15, 0.2) is 47.5 Å². The van der Waals surface area contributed by atoms with E-state index < -0.39 is 5.25 Å². The molecule has 2 aromatic rings. The number of amidine groups is 1. The molecule has 35 heavy (non-hydrogen) atoms. The molecule has 0 aliphatic carbocycles. The molecule has 3 aliphatic heterocycles. The Hall–Kier alpha value is -3.53. The number of carbonyl (C=O) groups excluding carboxylic acids is 3. The van der Waals surface area contributed by atoms with E-state index in [0.29, 0.717) is 29.3 Å². The number of benzene rings is 2. The molecule has 0 unspecified atom stereocenters. The van der Waals surface area contributed by atoms with Gasteiger partial charge in [-0.2, -0.15) is 4.99 Å². The molecule has 182 valence electrons. The second-order valence-corrected chi connectivity index (χ2v) is 9.76. The predicted octanol–water partition coefficient (Wildman–Crippen LogP) is 3.16. The number of hydrogen-bond donors (Lipinski definition) is 2. The number of aliphatic imine (C=N–C) groups is 1. The van der Waals surface area contributed by atoms with Gasteiger partial charge in [-0.25, -0.2) is 0 Å². The molecular weight excluding hydrogens is 468 g/mol. The Bertz CT molecular complexity index is 1160. The zero-order valence-corrected chi connectivity index (χ0v) is 19.9. The number of nitrogens with zero attached hydrogens (tertiary/aromatic N) is 2. The Morgan fingerprint density at radius 1 is 1.03 bits per heavy atom. The first-order chi connectivity index (χ1) is 17.0. The van der Waals surface area contributed by atoms with E-state index in [1.54, 1.807) is 24.3 Å². The lowest BCUT2D eigenvalue weighted by Crippen LogP contribution is -2.33. The van der Waals surface area contributed by atoms with Crippen molar-refractivity contribution in [2.75, 3.05) is 25.2 Å². The molecule has 3 amide bonds. The van der Waals surface area contributed by atoms with Crippen molar-refractivity contribution in [3.63, 3.8) is 0 Å². The summed E-state index contributed by atoms with van der Waals surface area (Å²) in [5.41, 5.74) is 1.94. The van der Waals surface area contributed by atoms with Crippen molar-refractivity contribution in [1.29, 1.82) is 0 Å². The number of fused-ring (bicyclic) bond motifs is 1. The van der Waals surface area contributed by atoms with Gasteiger partial charge in [0.1, 0.15) is 5.25 Å². The van der Waals surface area contributed by atoms with E-state index in [9.17, 15) is 14.4 Å². The predicted molar refractivity (Wildman–Crippen MR) is 133 cm³/mol. The highest BCUT2D eigenvalue weighted by Gasteiger charge is 2.33. The Morgan fingerprint density at radius 3 is 2.60 bits per heavy atom. The summed E-state index contributed by atoms with van der Waals surface area (Å²) in [7, 11) is 0. The fraction of sp³-hybridized carbons (Fsp3) is 0.360. The summed E-state index contributed by atoms with van der Waals surface area (Å²) in [6.45, 7) is 2.38. The molecule has 1 atom stereocenters. The molecule has 2 N–H and O–H groups in total. The summed E-state index contributed by atoms with van der Waals surface area (Å²) >= 11 is 1.38. The van der Waals surface area contributed by atoms with E-state index in [1.165, 1.54) is 18.2 Å². The molecule has 3 heterocycles. The third-order valence-corrected chi connectivity index (χ3v) is 7.26. The molecule has 5 rings (SSSR count). The van der Waals surface area contributed by atoms with Crippen molar-refractivity contribution in [2.45, 2.75) is 37.5 Å². The van der Waals surface area contributed by atoms with Gasteiger partial charge in [0.25, 0.3) is 11.8 Å². The molecule has 9 nitrogen and oxygen atoms in total. The number of likely N-dealkylation sites (tertiary alicyclic amines) is 1. The van der Waals surface area contributed by atoms with E-state index in [0.717, 1.165) is 36.7 Å². The van der Waals surface area contributed by atoms with E-state index >= 15 is 0 Å².